The van der Waals surface area contributed by atoms with Gasteiger partial charge in [-0.3, -0.25) is 9.78 Å². The predicted octanol–water partition coefficient (Wildman–Crippen LogP) is 1.21. The number of carbonyl (C=O) groups excluding carboxylic acids is 1. The van der Waals surface area contributed by atoms with Gasteiger partial charge in [0.15, 0.2) is 0 Å². The van der Waals surface area contributed by atoms with E-state index in [0.29, 0.717) is 24.5 Å². The first kappa shape index (κ1) is 13.4. The maximum absolute atomic E-state index is 11.6. The number of amides is 1. The molecule has 1 heterocycles. The first-order chi connectivity index (χ1) is 8.24. The molecule has 17 heavy (non-hydrogen) atoms. The fourth-order valence-corrected chi connectivity index (χ4v) is 1.28. The van der Waals surface area contributed by atoms with Crippen LogP contribution < -0.4 is 11.1 Å². The summed E-state index contributed by atoms with van der Waals surface area (Å²) in [5.74, 6) is -0.201. The Kier molecular flexibility index (Phi) is 6.03. The second-order valence-electron chi connectivity index (χ2n) is 3.70. The summed E-state index contributed by atoms with van der Waals surface area (Å²) >= 11 is 0. The second kappa shape index (κ2) is 7.62. The van der Waals surface area contributed by atoms with Gasteiger partial charge >= 0.3 is 0 Å². The lowest BCUT2D eigenvalue weighted by Gasteiger charge is -2.05. The summed E-state index contributed by atoms with van der Waals surface area (Å²) < 4.78 is 5.30. The Hall–Kier alpha value is -1.62. The quantitative estimate of drug-likeness (QED) is 0.699. The third-order valence-electron chi connectivity index (χ3n) is 2.12. The normalized spacial score (nSPS) is 10.2. The molecule has 0 spiro atoms. The molecule has 0 unspecified atom stereocenters. The molecule has 0 radical (unpaired) electrons. The topological polar surface area (TPSA) is 77.2 Å². The molecule has 0 aliphatic carbocycles. The van der Waals surface area contributed by atoms with Crippen LogP contribution in [0.15, 0.2) is 18.3 Å². The average molecular weight is 237 g/mol. The van der Waals surface area contributed by atoms with Crippen LogP contribution in [0.3, 0.4) is 0 Å². The van der Waals surface area contributed by atoms with Crippen LogP contribution >= 0.6 is 0 Å². The number of ether oxygens (including phenoxy) is 1. The zero-order chi connectivity index (χ0) is 12.5. The molecule has 1 rings (SSSR count). The van der Waals surface area contributed by atoms with Crippen molar-refractivity contribution in [2.75, 3.05) is 25.5 Å². The molecule has 1 amide bonds. The van der Waals surface area contributed by atoms with Crippen LogP contribution in [-0.2, 0) is 4.74 Å². The largest absolute Gasteiger partial charge is 0.399 e. The molecule has 5 heteroatoms. The van der Waals surface area contributed by atoms with E-state index in [1.807, 2.05) is 0 Å². The van der Waals surface area contributed by atoms with E-state index < -0.39 is 0 Å². The fourth-order valence-electron chi connectivity index (χ4n) is 1.28. The Morgan fingerprint density at radius 3 is 3.06 bits per heavy atom. The molecule has 0 saturated carbocycles. The van der Waals surface area contributed by atoms with Gasteiger partial charge in [-0.05, 0) is 25.0 Å². The number of aromatic nitrogens is 1. The summed E-state index contributed by atoms with van der Waals surface area (Å²) in [4.78, 5) is 15.6. The van der Waals surface area contributed by atoms with Crippen LogP contribution in [0.4, 0.5) is 5.69 Å². The first-order valence-electron chi connectivity index (χ1n) is 5.81. The molecular formula is C12H19N3O2. The van der Waals surface area contributed by atoms with Crippen LogP contribution in [0.5, 0.6) is 0 Å². The highest BCUT2D eigenvalue weighted by Crippen LogP contribution is 2.02. The number of nitrogens with two attached hydrogens (primary N) is 1. The molecule has 3 N–H and O–H groups in total. The molecule has 0 atom stereocenters. The highest BCUT2D eigenvalue weighted by atomic mass is 16.5. The van der Waals surface area contributed by atoms with Gasteiger partial charge in [0.25, 0.3) is 5.91 Å². The molecular weight excluding hydrogens is 218 g/mol. The van der Waals surface area contributed by atoms with E-state index in [-0.39, 0.29) is 5.91 Å². The van der Waals surface area contributed by atoms with Crippen molar-refractivity contribution in [1.29, 1.82) is 0 Å². The molecule has 0 saturated heterocycles. The molecule has 0 aliphatic rings. The van der Waals surface area contributed by atoms with Crippen LogP contribution in [0, 0.1) is 0 Å². The van der Waals surface area contributed by atoms with Gasteiger partial charge < -0.3 is 15.8 Å². The van der Waals surface area contributed by atoms with E-state index in [9.17, 15) is 4.79 Å². The Morgan fingerprint density at radius 1 is 1.53 bits per heavy atom. The van der Waals surface area contributed by atoms with Crippen molar-refractivity contribution in [2.24, 2.45) is 0 Å². The van der Waals surface area contributed by atoms with E-state index in [1.54, 1.807) is 12.1 Å². The van der Waals surface area contributed by atoms with E-state index >= 15 is 0 Å². The number of rotatable bonds is 7. The summed E-state index contributed by atoms with van der Waals surface area (Å²) in [6, 6.07) is 3.21. The number of carbonyl (C=O) groups is 1. The zero-order valence-corrected chi connectivity index (χ0v) is 10.1. The number of nitrogen functional groups attached to an aromatic ring is 1. The van der Waals surface area contributed by atoms with E-state index in [1.165, 1.54) is 6.20 Å². The Morgan fingerprint density at radius 2 is 2.35 bits per heavy atom. The van der Waals surface area contributed by atoms with Crippen LogP contribution in [0.1, 0.15) is 30.3 Å². The molecule has 1 aromatic heterocycles. The van der Waals surface area contributed by atoms with Gasteiger partial charge in [0.05, 0.1) is 0 Å². The Labute approximate surface area is 101 Å². The van der Waals surface area contributed by atoms with Gasteiger partial charge in [-0.15, -0.1) is 0 Å². The van der Waals surface area contributed by atoms with Crippen molar-refractivity contribution in [2.45, 2.75) is 19.8 Å². The van der Waals surface area contributed by atoms with Crippen LogP contribution in [-0.4, -0.2) is 30.6 Å². The van der Waals surface area contributed by atoms with Crippen molar-refractivity contribution in [1.82, 2.24) is 10.3 Å². The molecule has 0 fully saturated rings. The first-order valence-corrected chi connectivity index (χ1v) is 5.81. The lowest BCUT2D eigenvalue weighted by atomic mass is 10.3. The fraction of sp³-hybridized carbons (Fsp3) is 0.500. The number of nitrogens with one attached hydrogen (secondary N) is 1. The standard InChI is InChI=1S/C12H19N3O2/c1-2-7-17-8-3-5-15-12(16)11-9-10(13)4-6-14-11/h4,6,9H,2-3,5,7-8H2,1H3,(H2,13,14)(H,15,16). The van der Waals surface area contributed by atoms with Gasteiger partial charge in [-0.2, -0.15) is 0 Å². The number of nitrogens with zero attached hydrogens (tertiary/aromatic N) is 1. The van der Waals surface area contributed by atoms with E-state index in [0.717, 1.165) is 19.4 Å². The minimum atomic E-state index is -0.201. The van der Waals surface area contributed by atoms with Crippen molar-refractivity contribution in [3.05, 3.63) is 24.0 Å². The van der Waals surface area contributed by atoms with Gasteiger partial charge in [-0.25, -0.2) is 0 Å². The molecule has 1 aromatic rings. The minimum absolute atomic E-state index is 0.201. The lowest BCUT2D eigenvalue weighted by molar-refractivity contribution is 0.0936. The summed E-state index contributed by atoms with van der Waals surface area (Å²) in [6.45, 7) is 4.08. The van der Waals surface area contributed by atoms with E-state index in [2.05, 4.69) is 17.2 Å². The monoisotopic (exact) mass is 237 g/mol. The minimum Gasteiger partial charge on any atom is -0.399 e. The number of pyridine rings is 1. The third-order valence-corrected chi connectivity index (χ3v) is 2.12. The Balaban J connectivity index is 2.21. The highest BCUT2D eigenvalue weighted by molar-refractivity contribution is 5.92. The predicted molar refractivity (Wildman–Crippen MR) is 66.7 cm³/mol. The number of anilines is 1. The highest BCUT2D eigenvalue weighted by Gasteiger charge is 2.05. The van der Waals surface area contributed by atoms with Crippen LogP contribution in [0.2, 0.25) is 0 Å². The van der Waals surface area contributed by atoms with Crippen molar-refractivity contribution in [3.8, 4) is 0 Å². The van der Waals surface area contributed by atoms with Crippen molar-refractivity contribution in [3.63, 3.8) is 0 Å². The van der Waals surface area contributed by atoms with Gasteiger partial charge in [-0.1, -0.05) is 6.92 Å². The molecule has 0 aromatic carbocycles. The summed E-state index contributed by atoms with van der Waals surface area (Å²) in [6.07, 6.45) is 3.34. The smallest absolute Gasteiger partial charge is 0.269 e. The van der Waals surface area contributed by atoms with E-state index in [4.69, 9.17) is 10.5 Å². The van der Waals surface area contributed by atoms with Crippen molar-refractivity contribution < 1.29 is 9.53 Å². The van der Waals surface area contributed by atoms with Gasteiger partial charge in [0.2, 0.25) is 0 Å². The second-order valence-corrected chi connectivity index (χ2v) is 3.70. The lowest BCUT2D eigenvalue weighted by Crippen LogP contribution is -2.26. The number of hydrogen-bond donors (Lipinski definition) is 2. The number of hydrogen-bond acceptors (Lipinski definition) is 4. The van der Waals surface area contributed by atoms with Gasteiger partial charge in [0.1, 0.15) is 5.69 Å². The van der Waals surface area contributed by atoms with Crippen molar-refractivity contribution >= 4 is 11.6 Å². The molecule has 0 aliphatic heterocycles. The Bertz CT molecular complexity index is 355. The van der Waals surface area contributed by atoms with Gasteiger partial charge in [0, 0.05) is 31.6 Å². The maximum Gasteiger partial charge on any atom is 0.269 e. The molecule has 0 bridgehead atoms. The zero-order valence-electron chi connectivity index (χ0n) is 10.1. The maximum atomic E-state index is 11.6. The average Bonchev–Trinajstić information content (AvgIpc) is 2.33. The van der Waals surface area contributed by atoms with Crippen LogP contribution in [0.25, 0.3) is 0 Å². The summed E-state index contributed by atoms with van der Waals surface area (Å²) in [7, 11) is 0. The third kappa shape index (κ3) is 5.31. The molecule has 94 valence electrons. The SMILES string of the molecule is CCCOCCCNC(=O)c1cc(N)ccn1. The summed E-state index contributed by atoms with van der Waals surface area (Å²) in [5.41, 5.74) is 6.45. The molecule has 5 nitrogen and oxygen atoms in total. The summed E-state index contributed by atoms with van der Waals surface area (Å²) in [5, 5.41) is 2.77.